The molecule has 1 aromatic carbocycles. The van der Waals surface area contributed by atoms with E-state index in [0.717, 1.165) is 0 Å². The van der Waals surface area contributed by atoms with Gasteiger partial charge in [-0.05, 0) is 12.1 Å². The average Bonchev–Trinajstić information content (AvgIpc) is 2.42. The van der Waals surface area contributed by atoms with E-state index < -0.39 is 4.92 Å². The van der Waals surface area contributed by atoms with Crippen LogP contribution in [0.5, 0.6) is 5.75 Å². The summed E-state index contributed by atoms with van der Waals surface area (Å²) in [7, 11) is 1.58. The molecule has 7 nitrogen and oxygen atoms in total. The van der Waals surface area contributed by atoms with Crippen molar-refractivity contribution in [3.05, 3.63) is 33.9 Å². The van der Waals surface area contributed by atoms with Gasteiger partial charge in [0.05, 0.1) is 30.3 Å². The predicted molar refractivity (Wildman–Crippen MR) is 66.7 cm³/mol. The van der Waals surface area contributed by atoms with Gasteiger partial charge in [-0.1, -0.05) is 0 Å². The lowest BCUT2D eigenvalue weighted by atomic mass is 10.2. The largest absolute Gasteiger partial charge is 0.491 e. The van der Waals surface area contributed by atoms with E-state index in [1.54, 1.807) is 7.11 Å². The van der Waals surface area contributed by atoms with E-state index in [9.17, 15) is 14.9 Å². The quantitative estimate of drug-likeness (QED) is 0.292. The Hall–Kier alpha value is -1.99. The SMILES string of the molecule is COCCOCCOc1ccc([N+](=O)[O-])c(C=O)c1. The molecule has 0 aliphatic rings. The van der Waals surface area contributed by atoms with Gasteiger partial charge < -0.3 is 14.2 Å². The van der Waals surface area contributed by atoms with Crippen LogP contribution in [-0.2, 0) is 9.47 Å². The van der Waals surface area contributed by atoms with E-state index in [-0.39, 0.29) is 11.3 Å². The summed E-state index contributed by atoms with van der Waals surface area (Å²) in [6.45, 7) is 1.64. The summed E-state index contributed by atoms with van der Waals surface area (Å²) in [4.78, 5) is 20.8. The standard InChI is InChI=1S/C12H15NO6/c1-17-4-5-18-6-7-19-11-2-3-12(13(15)16)10(8-11)9-14/h2-3,8-9H,4-7H2,1H3. The zero-order valence-corrected chi connectivity index (χ0v) is 10.5. The zero-order valence-electron chi connectivity index (χ0n) is 10.5. The Morgan fingerprint density at radius 3 is 2.63 bits per heavy atom. The lowest BCUT2D eigenvalue weighted by Crippen LogP contribution is -2.10. The maximum atomic E-state index is 10.7. The molecule has 0 heterocycles. The summed E-state index contributed by atoms with van der Waals surface area (Å²) in [5.41, 5.74) is -0.249. The highest BCUT2D eigenvalue weighted by Crippen LogP contribution is 2.22. The third-order valence-electron chi connectivity index (χ3n) is 2.25. The van der Waals surface area contributed by atoms with E-state index in [1.165, 1.54) is 18.2 Å². The molecule has 0 saturated heterocycles. The molecule has 0 fully saturated rings. The summed E-state index contributed by atoms with van der Waals surface area (Å²) in [6, 6.07) is 4.02. The molecule has 0 aliphatic heterocycles. The van der Waals surface area contributed by atoms with Gasteiger partial charge in [-0.3, -0.25) is 14.9 Å². The molecule has 1 rings (SSSR count). The summed E-state index contributed by atoms with van der Waals surface area (Å²) in [5, 5.41) is 10.6. The van der Waals surface area contributed by atoms with Gasteiger partial charge in [0.25, 0.3) is 5.69 Å². The number of ether oxygens (including phenoxy) is 3. The normalized spacial score (nSPS) is 10.2. The minimum Gasteiger partial charge on any atom is -0.491 e. The molecule has 0 amide bonds. The van der Waals surface area contributed by atoms with Gasteiger partial charge in [0.2, 0.25) is 0 Å². The fourth-order valence-electron chi connectivity index (χ4n) is 1.35. The van der Waals surface area contributed by atoms with Gasteiger partial charge in [0.15, 0.2) is 6.29 Å². The highest BCUT2D eigenvalue weighted by atomic mass is 16.6. The van der Waals surface area contributed by atoms with Gasteiger partial charge in [0, 0.05) is 13.2 Å². The van der Waals surface area contributed by atoms with Crippen molar-refractivity contribution in [3.63, 3.8) is 0 Å². The fraction of sp³-hybridized carbons (Fsp3) is 0.417. The zero-order chi connectivity index (χ0) is 14.1. The van der Waals surface area contributed by atoms with Crippen molar-refractivity contribution in [1.82, 2.24) is 0 Å². The predicted octanol–water partition coefficient (Wildman–Crippen LogP) is 1.45. The number of carbonyl (C=O) groups excluding carboxylic acids is 1. The van der Waals surface area contributed by atoms with E-state index in [1.807, 2.05) is 0 Å². The first kappa shape index (κ1) is 15.1. The van der Waals surface area contributed by atoms with Crippen LogP contribution in [0.3, 0.4) is 0 Å². The van der Waals surface area contributed by atoms with Crippen molar-refractivity contribution in [2.24, 2.45) is 0 Å². The molecule has 0 unspecified atom stereocenters. The minimum atomic E-state index is -0.610. The van der Waals surface area contributed by atoms with Gasteiger partial charge >= 0.3 is 0 Å². The molecule has 0 N–H and O–H groups in total. The molecule has 0 radical (unpaired) electrons. The Labute approximate surface area is 110 Å². The van der Waals surface area contributed by atoms with E-state index in [0.29, 0.717) is 38.5 Å². The Bertz CT molecular complexity index is 434. The van der Waals surface area contributed by atoms with Crippen LogP contribution in [0.25, 0.3) is 0 Å². The molecule has 1 aromatic rings. The van der Waals surface area contributed by atoms with Crippen LogP contribution >= 0.6 is 0 Å². The maximum absolute atomic E-state index is 10.7. The molecule has 0 aromatic heterocycles. The molecule has 0 atom stereocenters. The van der Waals surface area contributed by atoms with Crippen molar-refractivity contribution in [2.75, 3.05) is 33.5 Å². The van der Waals surface area contributed by atoms with Crippen molar-refractivity contribution in [1.29, 1.82) is 0 Å². The van der Waals surface area contributed by atoms with Crippen LogP contribution in [0.1, 0.15) is 10.4 Å². The number of carbonyl (C=O) groups is 1. The second kappa shape index (κ2) is 8.17. The van der Waals surface area contributed by atoms with Gasteiger partial charge in [-0.2, -0.15) is 0 Å². The van der Waals surface area contributed by atoms with Crippen LogP contribution in [0.15, 0.2) is 18.2 Å². The molecule has 0 saturated carbocycles. The van der Waals surface area contributed by atoms with Crippen molar-refractivity contribution in [3.8, 4) is 5.75 Å². The highest BCUT2D eigenvalue weighted by molar-refractivity contribution is 5.82. The molecule has 104 valence electrons. The topological polar surface area (TPSA) is 87.9 Å². The maximum Gasteiger partial charge on any atom is 0.280 e. The monoisotopic (exact) mass is 269 g/mol. The molecule has 0 spiro atoms. The Morgan fingerprint density at radius 2 is 2.00 bits per heavy atom. The average molecular weight is 269 g/mol. The number of benzene rings is 1. The Kier molecular flexibility index (Phi) is 6.48. The second-order valence-electron chi connectivity index (χ2n) is 3.55. The number of nitro groups is 1. The van der Waals surface area contributed by atoms with Gasteiger partial charge in [-0.15, -0.1) is 0 Å². The summed E-state index contributed by atoms with van der Waals surface area (Å²) < 4.78 is 15.3. The van der Waals surface area contributed by atoms with Crippen molar-refractivity contribution in [2.45, 2.75) is 0 Å². The van der Waals surface area contributed by atoms with Crippen LogP contribution < -0.4 is 4.74 Å². The van der Waals surface area contributed by atoms with Crippen LogP contribution in [-0.4, -0.2) is 44.7 Å². The summed E-state index contributed by atoms with van der Waals surface area (Å²) >= 11 is 0. The van der Waals surface area contributed by atoms with E-state index >= 15 is 0 Å². The number of nitrogens with zero attached hydrogens (tertiary/aromatic N) is 1. The fourth-order valence-corrected chi connectivity index (χ4v) is 1.35. The first-order valence-electron chi connectivity index (χ1n) is 5.62. The number of hydrogen-bond acceptors (Lipinski definition) is 6. The molecule has 0 bridgehead atoms. The number of aldehydes is 1. The molecular formula is C12H15NO6. The van der Waals surface area contributed by atoms with Crippen molar-refractivity contribution >= 4 is 12.0 Å². The van der Waals surface area contributed by atoms with E-state index in [2.05, 4.69) is 0 Å². The van der Waals surface area contributed by atoms with Crippen LogP contribution in [0.2, 0.25) is 0 Å². The summed E-state index contributed by atoms with van der Waals surface area (Å²) in [5.74, 6) is 0.392. The van der Waals surface area contributed by atoms with Crippen LogP contribution in [0, 0.1) is 10.1 Å². The third-order valence-corrected chi connectivity index (χ3v) is 2.25. The second-order valence-corrected chi connectivity index (χ2v) is 3.55. The molecule has 0 aliphatic carbocycles. The molecular weight excluding hydrogens is 254 g/mol. The first-order valence-corrected chi connectivity index (χ1v) is 5.62. The van der Waals surface area contributed by atoms with Crippen molar-refractivity contribution < 1.29 is 23.9 Å². The number of nitro benzene ring substituents is 1. The lowest BCUT2D eigenvalue weighted by molar-refractivity contribution is -0.385. The highest BCUT2D eigenvalue weighted by Gasteiger charge is 2.13. The van der Waals surface area contributed by atoms with Gasteiger partial charge in [0.1, 0.15) is 12.4 Å². The molecule has 19 heavy (non-hydrogen) atoms. The molecule has 7 heteroatoms. The summed E-state index contributed by atoms with van der Waals surface area (Å²) in [6.07, 6.45) is 0.431. The lowest BCUT2D eigenvalue weighted by Gasteiger charge is -2.07. The Balaban J connectivity index is 2.47. The number of methoxy groups -OCH3 is 1. The third kappa shape index (κ3) is 5.02. The van der Waals surface area contributed by atoms with Gasteiger partial charge in [-0.25, -0.2) is 0 Å². The Morgan fingerprint density at radius 1 is 1.26 bits per heavy atom. The van der Waals surface area contributed by atoms with E-state index in [4.69, 9.17) is 14.2 Å². The smallest absolute Gasteiger partial charge is 0.280 e. The van der Waals surface area contributed by atoms with Crippen LogP contribution in [0.4, 0.5) is 5.69 Å². The minimum absolute atomic E-state index is 0.0113. The first-order chi connectivity index (χ1) is 9.19. The number of hydrogen-bond donors (Lipinski definition) is 0. The number of rotatable bonds is 9.